The second kappa shape index (κ2) is 8.02. The third-order valence-corrected chi connectivity index (χ3v) is 4.53. The SMILES string of the molecule is O=C(CCc1ccccc1Cl)NCCCn1ccc2ccccc21. The average molecular weight is 341 g/mol. The van der Waals surface area contributed by atoms with Crippen LogP contribution in [0, 0.1) is 0 Å². The van der Waals surface area contributed by atoms with Gasteiger partial charge in [-0.25, -0.2) is 0 Å². The summed E-state index contributed by atoms with van der Waals surface area (Å²) in [6, 6.07) is 18.1. The number of para-hydroxylation sites is 1. The molecule has 24 heavy (non-hydrogen) atoms. The van der Waals surface area contributed by atoms with Crippen LogP contribution in [0.4, 0.5) is 0 Å². The van der Waals surface area contributed by atoms with E-state index in [1.807, 2.05) is 30.3 Å². The summed E-state index contributed by atoms with van der Waals surface area (Å²) in [4.78, 5) is 11.9. The molecule has 0 unspecified atom stereocenters. The molecule has 1 N–H and O–H groups in total. The highest BCUT2D eigenvalue weighted by molar-refractivity contribution is 6.31. The Labute approximate surface area is 147 Å². The third kappa shape index (κ3) is 4.18. The maximum Gasteiger partial charge on any atom is 0.220 e. The maximum atomic E-state index is 11.9. The van der Waals surface area contributed by atoms with Crippen molar-refractivity contribution in [3.05, 3.63) is 71.4 Å². The van der Waals surface area contributed by atoms with Crippen LogP contribution < -0.4 is 5.32 Å². The van der Waals surface area contributed by atoms with Gasteiger partial charge in [0.25, 0.3) is 0 Å². The number of aromatic nitrogens is 1. The minimum absolute atomic E-state index is 0.0762. The molecule has 3 nitrogen and oxygen atoms in total. The van der Waals surface area contributed by atoms with Gasteiger partial charge in [0, 0.05) is 36.2 Å². The van der Waals surface area contributed by atoms with E-state index >= 15 is 0 Å². The fourth-order valence-corrected chi connectivity index (χ4v) is 3.08. The fourth-order valence-electron chi connectivity index (χ4n) is 2.85. The lowest BCUT2D eigenvalue weighted by Crippen LogP contribution is -2.25. The van der Waals surface area contributed by atoms with E-state index in [0.717, 1.165) is 23.6 Å². The Bertz CT molecular complexity index is 825. The van der Waals surface area contributed by atoms with Gasteiger partial charge in [0.05, 0.1) is 0 Å². The monoisotopic (exact) mass is 340 g/mol. The van der Waals surface area contributed by atoms with Crippen molar-refractivity contribution in [3.8, 4) is 0 Å². The molecular formula is C20H21ClN2O. The number of hydrogen-bond acceptors (Lipinski definition) is 1. The molecule has 1 heterocycles. The van der Waals surface area contributed by atoms with Crippen LogP contribution in [-0.2, 0) is 17.8 Å². The van der Waals surface area contributed by atoms with Gasteiger partial charge in [0.2, 0.25) is 5.91 Å². The zero-order valence-electron chi connectivity index (χ0n) is 13.5. The quantitative estimate of drug-likeness (QED) is 0.634. The van der Waals surface area contributed by atoms with Gasteiger partial charge in [-0.1, -0.05) is 48.0 Å². The number of halogens is 1. The van der Waals surface area contributed by atoms with Gasteiger partial charge in [-0.15, -0.1) is 0 Å². The molecule has 0 radical (unpaired) electrons. The number of fused-ring (bicyclic) bond motifs is 1. The fraction of sp³-hybridized carbons (Fsp3) is 0.250. The largest absolute Gasteiger partial charge is 0.356 e. The zero-order valence-corrected chi connectivity index (χ0v) is 14.3. The lowest BCUT2D eigenvalue weighted by Gasteiger charge is -2.08. The van der Waals surface area contributed by atoms with E-state index in [1.54, 1.807) is 0 Å². The third-order valence-electron chi connectivity index (χ3n) is 4.16. The number of nitrogens with one attached hydrogen (secondary N) is 1. The van der Waals surface area contributed by atoms with Crippen LogP contribution >= 0.6 is 11.6 Å². The Morgan fingerprint density at radius 2 is 1.83 bits per heavy atom. The number of hydrogen-bond donors (Lipinski definition) is 1. The van der Waals surface area contributed by atoms with Crippen LogP contribution in [0.1, 0.15) is 18.4 Å². The summed E-state index contributed by atoms with van der Waals surface area (Å²) in [5, 5.41) is 4.97. The first kappa shape index (κ1) is 16.6. The minimum atomic E-state index is 0.0762. The standard InChI is InChI=1S/C20H21ClN2O/c21-18-8-3-1-6-16(18)10-11-20(24)22-13-5-14-23-15-12-17-7-2-4-9-19(17)23/h1-4,6-9,12,15H,5,10-11,13-14H2,(H,22,24). The first-order valence-electron chi connectivity index (χ1n) is 8.28. The molecule has 3 aromatic rings. The summed E-state index contributed by atoms with van der Waals surface area (Å²) in [5.74, 6) is 0.0762. The lowest BCUT2D eigenvalue weighted by molar-refractivity contribution is -0.121. The number of nitrogens with zero attached hydrogens (tertiary/aromatic N) is 1. The molecule has 3 rings (SSSR count). The summed E-state index contributed by atoms with van der Waals surface area (Å²) in [5.41, 5.74) is 2.26. The van der Waals surface area contributed by atoms with Gasteiger partial charge in [0.1, 0.15) is 0 Å². The van der Waals surface area contributed by atoms with Crippen molar-refractivity contribution in [2.75, 3.05) is 6.54 Å². The highest BCUT2D eigenvalue weighted by Gasteiger charge is 2.05. The average Bonchev–Trinajstić information content (AvgIpc) is 3.01. The lowest BCUT2D eigenvalue weighted by atomic mass is 10.1. The van der Waals surface area contributed by atoms with Crippen LogP contribution in [0.2, 0.25) is 5.02 Å². The summed E-state index contributed by atoms with van der Waals surface area (Å²) in [7, 11) is 0. The van der Waals surface area contributed by atoms with E-state index in [2.05, 4.69) is 40.3 Å². The van der Waals surface area contributed by atoms with Gasteiger partial charge >= 0.3 is 0 Å². The molecule has 0 spiro atoms. The topological polar surface area (TPSA) is 34.0 Å². The number of carbonyl (C=O) groups excluding carboxylic acids is 1. The van der Waals surface area contributed by atoms with Crippen molar-refractivity contribution in [3.63, 3.8) is 0 Å². The second-order valence-electron chi connectivity index (χ2n) is 5.86. The number of aryl methyl sites for hydroxylation is 2. The summed E-state index contributed by atoms with van der Waals surface area (Å²) < 4.78 is 2.23. The molecule has 0 fully saturated rings. The van der Waals surface area contributed by atoms with Crippen LogP contribution in [-0.4, -0.2) is 17.0 Å². The van der Waals surface area contributed by atoms with E-state index in [4.69, 9.17) is 11.6 Å². The van der Waals surface area contributed by atoms with Gasteiger partial charge in [-0.05, 0) is 42.0 Å². The summed E-state index contributed by atoms with van der Waals surface area (Å²) >= 11 is 6.10. The molecule has 2 aromatic carbocycles. The Balaban J connectivity index is 1.40. The molecule has 0 saturated carbocycles. The van der Waals surface area contributed by atoms with Crippen LogP contribution in [0.5, 0.6) is 0 Å². The van der Waals surface area contributed by atoms with Crippen LogP contribution in [0.3, 0.4) is 0 Å². The highest BCUT2D eigenvalue weighted by atomic mass is 35.5. The first-order chi connectivity index (χ1) is 11.7. The number of benzene rings is 2. The van der Waals surface area contributed by atoms with Crippen LogP contribution in [0.25, 0.3) is 10.9 Å². The van der Waals surface area contributed by atoms with Crippen molar-refractivity contribution in [1.82, 2.24) is 9.88 Å². The van der Waals surface area contributed by atoms with Crippen molar-refractivity contribution >= 4 is 28.4 Å². The van der Waals surface area contributed by atoms with Crippen molar-refractivity contribution in [2.24, 2.45) is 0 Å². The molecule has 0 aliphatic carbocycles. The minimum Gasteiger partial charge on any atom is -0.356 e. The Kier molecular flexibility index (Phi) is 5.55. The second-order valence-corrected chi connectivity index (χ2v) is 6.27. The molecular weight excluding hydrogens is 320 g/mol. The molecule has 0 saturated heterocycles. The van der Waals surface area contributed by atoms with Crippen molar-refractivity contribution < 1.29 is 4.79 Å². The molecule has 1 amide bonds. The van der Waals surface area contributed by atoms with E-state index in [-0.39, 0.29) is 5.91 Å². The van der Waals surface area contributed by atoms with E-state index in [9.17, 15) is 4.79 Å². The molecule has 0 atom stereocenters. The number of amides is 1. The van der Waals surface area contributed by atoms with Gasteiger partial charge in [-0.3, -0.25) is 4.79 Å². The summed E-state index contributed by atoms with van der Waals surface area (Å²) in [6.07, 6.45) is 4.16. The van der Waals surface area contributed by atoms with Crippen LogP contribution in [0.15, 0.2) is 60.8 Å². The van der Waals surface area contributed by atoms with Gasteiger partial charge < -0.3 is 9.88 Å². The Hall–Kier alpha value is -2.26. The molecule has 124 valence electrons. The molecule has 0 bridgehead atoms. The van der Waals surface area contributed by atoms with E-state index in [1.165, 1.54) is 10.9 Å². The molecule has 1 aromatic heterocycles. The maximum absolute atomic E-state index is 11.9. The number of rotatable bonds is 7. The Morgan fingerprint density at radius 3 is 2.71 bits per heavy atom. The van der Waals surface area contributed by atoms with Crippen molar-refractivity contribution in [1.29, 1.82) is 0 Å². The predicted molar refractivity (Wildman–Crippen MR) is 99.3 cm³/mol. The van der Waals surface area contributed by atoms with E-state index in [0.29, 0.717) is 19.4 Å². The Morgan fingerprint density at radius 1 is 1.04 bits per heavy atom. The highest BCUT2D eigenvalue weighted by Crippen LogP contribution is 2.17. The van der Waals surface area contributed by atoms with Gasteiger partial charge in [-0.2, -0.15) is 0 Å². The molecule has 4 heteroatoms. The molecule has 0 aliphatic rings. The molecule has 0 aliphatic heterocycles. The van der Waals surface area contributed by atoms with Gasteiger partial charge in [0.15, 0.2) is 0 Å². The predicted octanol–water partition coefficient (Wildman–Crippen LogP) is 4.43. The van der Waals surface area contributed by atoms with E-state index < -0.39 is 0 Å². The number of carbonyl (C=O) groups is 1. The zero-order chi connectivity index (χ0) is 16.8. The first-order valence-corrected chi connectivity index (χ1v) is 8.66. The normalized spacial score (nSPS) is 10.9. The smallest absolute Gasteiger partial charge is 0.220 e. The van der Waals surface area contributed by atoms with Crippen molar-refractivity contribution in [2.45, 2.75) is 25.8 Å². The summed E-state index contributed by atoms with van der Waals surface area (Å²) in [6.45, 7) is 1.59.